The summed E-state index contributed by atoms with van der Waals surface area (Å²) in [5.41, 5.74) is 4.23. The number of nitro benzene ring substituents is 1. The molecule has 10 heteroatoms. The highest BCUT2D eigenvalue weighted by Gasteiger charge is 2.34. The summed E-state index contributed by atoms with van der Waals surface area (Å²) in [6, 6.07) is 13.7. The Morgan fingerprint density at radius 1 is 1.09 bits per heavy atom. The maximum absolute atomic E-state index is 13.3. The summed E-state index contributed by atoms with van der Waals surface area (Å²) in [6.07, 6.45) is 2.38. The van der Waals surface area contributed by atoms with Gasteiger partial charge in [0.05, 0.1) is 10.6 Å². The van der Waals surface area contributed by atoms with Crippen LogP contribution in [-0.4, -0.2) is 26.4 Å². The zero-order valence-electron chi connectivity index (χ0n) is 19.2. The Kier molecular flexibility index (Phi) is 6.56. The van der Waals surface area contributed by atoms with Gasteiger partial charge in [0.15, 0.2) is 5.11 Å². The summed E-state index contributed by atoms with van der Waals surface area (Å²) in [5.74, 6) is -1.10. The minimum atomic E-state index is -0.579. The number of hydrogen-bond acceptors (Lipinski definition) is 5. The molecule has 1 aromatic heterocycles. The van der Waals surface area contributed by atoms with Gasteiger partial charge in [0.25, 0.3) is 17.5 Å². The molecule has 1 fully saturated rings. The van der Waals surface area contributed by atoms with E-state index in [1.807, 2.05) is 43.5 Å². The van der Waals surface area contributed by atoms with Gasteiger partial charge in [-0.25, -0.2) is 0 Å². The topological polar surface area (TPSA) is 97.5 Å². The second-order valence-electron chi connectivity index (χ2n) is 8.03. The van der Waals surface area contributed by atoms with Gasteiger partial charge in [-0.1, -0.05) is 30.7 Å². The molecule has 2 aromatic carbocycles. The lowest BCUT2D eigenvalue weighted by molar-refractivity contribution is -0.384. The van der Waals surface area contributed by atoms with Crippen LogP contribution in [0.1, 0.15) is 29.4 Å². The Labute approximate surface area is 212 Å². The molecule has 1 aliphatic heterocycles. The number of anilines is 1. The third-order valence-electron chi connectivity index (χ3n) is 5.86. The number of aromatic nitrogens is 1. The molecule has 2 heterocycles. The van der Waals surface area contributed by atoms with Gasteiger partial charge in [0.1, 0.15) is 10.6 Å². The van der Waals surface area contributed by atoms with Crippen molar-refractivity contribution in [3.05, 3.63) is 91.8 Å². The third kappa shape index (κ3) is 4.48. The van der Waals surface area contributed by atoms with Gasteiger partial charge >= 0.3 is 0 Å². The second-order valence-corrected chi connectivity index (χ2v) is 8.83. The van der Waals surface area contributed by atoms with Crippen LogP contribution in [0.5, 0.6) is 0 Å². The maximum atomic E-state index is 13.3. The van der Waals surface area contributed by atoms with Crippen molar-refractivity contribution in [1.82, 2.24) is 9.88 Å². The van der Waals surface area contributed by atoms with Crippen LogP contribution in [0.4, 0.5) is 11.4 Å². The summed E-state index contributed by atoms with van der Waals surface area (Å²) in [6.45, 7) is 5.71. The number of carbonyl (C=O) groups excluding carboxylic acids is 2. The fourth-order valence-corrected chi connectivity index (χ4v) is 4.57. The molecule has 3 aromatic rings. The van der Waals surface area contributed by atoms with Gasteiger partial charge in [-0.3, -0.25) is 29.9 Å². The number of carbonyl (C=O) groups is 2. The van der Waals surface area contributed by atoms with E-state index in [0.717, 1.165) is 23.4 Å². The molecule has 1 aliphatic rings. The lowest BCUT2D eigenvalue weighted by atomic mass is 10.1. The summed E-state index contributed by atoms with van der Waals surface area (Å²) >= 11 is 11.4. The molecular weight excluding hydrogens is 488 g/mol. The number of halogens is 1. The number of nitrogens with one attached hydrogen (secondary N) is 1. The van der Waals surface area contributed by atoms with E-state index in [1.165, 1.54) is 23.1 Å². The Bertz CT molecular complexity index is 1430. The van der Waals surface area contributed by atoms with Crippen LogP contribution in [0.25, 0.3) is 11.8 Å². The standard InChI is InChI=1S/C25H21ClN4O4S/c1-4-16-5-7-18(8-6-16)29-24(32)20(23(31)27-25(29)35)12-17-11-14(2)28(15(17)3)19-9-10-22(30(33)34)21(26)13-19/h5-13H,4H2,1-3H3,(H,27,31,35)/b20-12+. The van der Waals surface area contributed by atoms with Crippen molar-refractivity contribution in [2.75, 3.05) is 4.90 Å². The SMILES string of the molecule is CCc1ccc(N2C(=O)/C(=C/c3cc(C)n(-c4ccc([N+](=O)[O-])c(Cl)c4)c3C)C(=O)NC2=S)cc1. The number of hydrogen-bond donors (Lipinski definition) is 1. The summed E-state index contributed by atoms with van der Waals surface area (Å²) in [7, 11) is 0. The van der Waals surface area contributed by atoms with Crippen molar-refractivity contribution >= 4 is 58.2 Å². The molecule has 0 unspecified atom stereocenters. The first-order valence-corrected chi connectivity index (χ1v) is 11.5. The van der Waals surface area contributed by atoms with E-state index < -0.39 is 16.7 Å². The molecule has 4 rings (SSSR count). The first-order valence-electron chi connectivity index (χ1n) is 10.8. The van der Waals surface area contributed by atoms with Gasteiger partial charge in [-0.05, 0) is 80.0 Å². The average Bonchev–Trinajstić information content (AvgIpc) is 3.09. The van der Waals surface area contributed by atoms with Crippen LogP contribution in [0.15, 0.2) is 54.1 Å². The molecular formula is C25H21ClN4O4S. The Hall–Kier alpha value is -3.82. The van der Waals surface area contributed by atoms with E-state index in [-0.39, 0.29) is 21.4 Å². The molecule has 0 saturated carbocycles. The fraction of sp³-hybridized carbons (Fsp3) is 0.160. The molecule has 2 amide bonds. The quantitative estimate of drug-likeness (QED) is 0.171. The smallest absolute Gasteiger partial charge is 0.288 e. The predicted octanol–water partition coefficient (Wildman–Crippen LogP) is 5.05. The lowest BCUT2D eigenvalue weighted by Crippen LogP contribution is -2.54. The number of amides is 2. The summed E-state index contributed by atoms with van der Waals surface area (Å²) in [5, 5.41) is 13.7. The Morgan fingerprint density at radius 3 is 2.34 bits per heavy atom. The number of rotatable bonds is 5. The first kappa shape index (κ1) is 24.3. The highest BCUT2D eigenvalue weighted by Crippen LogP contribution is 2.30. The van der Waals surface area contributed by atoms with Gasteiger partial charge in [-0.2, -0.15) is 0 Å². The zero-order valence-corrected chi connectivity index (χ0v) is 20.7. The van der Waals surface area contributed by atoms with Crippen LogP contribution < -0.4 is 10.2 Å². The zero-order chi connectivity index (χ0) is 25.4. The number of nitro groups is 1. The van der Waals surface area contributed by atoms with Gasteiger partial charge in [0, 0.05) is 23.1 Å². The third-order valence-corrected chi connectivity index (χ3v) is 6.45. The van der Waals surface area contributed by atoms with Gasteiger partial charge in [-0.15, -0.1) is 0 Å². The molecule has 8 nitrogen and oxygen atoms in total. The largest absolute Gasteiger partial charge is 0.318 e. The molecule has 178 valence electrons. The van der Waals surface area contributed by atoms with Crippen molar-refractivity contribution in [3.8, 4) is 5.69 Å². The highest BCUT2D eigenvalue weighted by molar-refractivity contribution is 7.80. The second kappa shape index (κ2) is 9.44. The Balaban J connectivity index is 1.74. The van der Waals surface area contributed by atoms with Crippen LogP contribution in [0.3, 0.4) is 0 Å². The van der Waals surface area contributed by atoms with Crippen molar-refractivity contribution < 1.29 is 14.5 Å². The van der Waals surface area contributed by atoms with E-state index in [2.05, 4.69) is 5.32 Å². The minimum absolute atomic E-state index is 0.0139. The van der Waals surface area contributed by atoms with Crippen molar-refractivity contribution in [3.63, 3.8) is 0 Å². The number of aryl methyl sites for hydroxylation is 2. The predicted molar refractivity (Wildman–Crippen MR) is 139 cm³/mol. The maximum Gasteiger partial charge on any atom is 0.288 e. The normalized spacial score (nSPS) is 15.0. The molecule has 35 heavy (non-hydrogen) atoms. The van der Waals surface area contributed by atoms with E-state index in [1.54, 1.807) is 18.2 Å². The lowest BCUT2D eigenvalue weighted by Gasteiger charge is -2.29. The fourth-order valence-electron chi connectivity index (χ4n) is 4.04. The minimum Gasteiger partial charge on any atom is -0.318 e. The molecule has 1 saturated heterocycles. The van der Waals surface area contributed by atoms with E-state index in [9.17, 15) is 19.7 Å². The molecule has 0 aliphatic carbocycles. The van der Waals surface area contributed by atoms with Crippen LogP contribution in [-0.2, 0) is 16.0 Å². The molecule has 0 radical (unpaired) electrons. The van der Waals surface area contributed by atoms with Crippen molar-refractivity contribution in [2.45, 2.75) is 27.2 Å². The van der Waals surface area contributed by atoms with Gasteiger partial charge in [0.2, 0.25) is 0 Å². The van der Waals surface area contributed by atoms with E-state index in [0.29, 0.717) is 16.9 Å². The summed E-state index contributed by atoms with van der Waals surface area (Å²) < 4.78 is 1.85. The monoisotopic (exact) mass is 508 g/mol. The number of thiocarbonyl (C=S) groups is 1. The van der Waals surface area contributed by atoms with Crippen LogP contribution in [0, 0.1) is 24.0 Å². The van der Waals surface area contributed by atoms with Crippen LogP contribution >= 0.6 is 23.8 Å². The molecule has 1 N–H and O–H groups in total. The van der Waals surface area contributed by atoms with E-state index >= 15 is 0 Å². The highest BCUT2D eigenvalue weighted by atomic mass is 35.5. The van der Waals surface area contributed by atoms with Crippen LogP contribution in [0.2, 0.25) is 5.02 Å². The Morgan fingerprint density at radius 2 is 1.74 bits per heavy atom. The average molecular weight is 509 g/mol. The summed E-state index contributed by atoms with van der Waals surface area (Å²) in [4.78, 5) is 37.9. The van der Waals surface area contributed by atoms with Crippen molar-refractivity contribution in [1.29, 1.82) is 0 Å². The first-order chi connectivity index (χ1) is 16.6. The van der Waals surface area contributed by atoms with Crippen molar-refractivity contribution in [2.24, 2.45) is 0 Å². The molecule has 0 atom stereocenters. The van der Waals surface area contributed by atoms with Gasteiger partial charge < -0.3 is 4.57 Å². The molecule has 0 bridgehead atoms. The molecule has 0 spiro atoms. The number of benzene rings is 2. The van der Waals surface area contributed by atoms with E-state index in [4.69, 9.17) is 23.8 Å². The number of nitrogens with zero attached hydrogens (tertiary/aromatic N) is 3.